The Balaban J connectivity index is 1.47. The molecule has 0 unspecified atom stereocenters. The van der Waals surface area contributed by atoms with Crippen LogP contribution >= 0.6 is 23.2 Å². The van der Waals surface area contributed by atoms with E-state index in [1.807, 2.05) is 24.3 Å². The molecule has 1 aliphatic heterocycles. The van der Waals surface area contributed by atoms with Crippen LogP contribution in [0.4, 0.5) is 5.69 Å². The van der Waals surface area contributed by atoms with E-state index in [0.29, 0.717) is 23.8 Å². The van der Waals surface area contributed by atoms with E-state index in [2.05, 4.69) is 4.72 Å². The zero-order valence-corrected chi connectivity index (χ0v) is 21.0. The first-order valence-electron chi connectivity index (χ1n) is 10.8. The van der Waals surface area contributed by atoms with Crippen molar-refractivity contribution in [3.63, 3.8) is 0 Å². The van der Waals surface area contributed by atoms with Crippen molar-refractivity contribution in [1.82, 2.24) is 4.90 Å². The van der Waals surface area contributed by atoms with Gasteiger partial charge in [0, 0.05) is 23.8 Å². The van der Waals surface area contributed by atoms with Crippen LogP contribution < -0.4 is 4.72 Å². The van der Waals surface area contributed by atoms with Crippen molar-refractivity contribution in [2.24, 2.45) is 0 Å². The number of nitrogens with zero attached hydrogens (tertiary/aromatic N) is 1. The average Bonchev–Trinajstić information content (AvgIpc) is 2.84. The molecule has 1 amide bonds. The highest BCUT2D eigenvalue weighted by Crippen LogP contribution is 2.25. The predicted molar refractivity (Wildman–Crippen MR) is 134 cm³/mol. The molecule has 182 valence electrons. The molecule has 1 N–H and O–H groups in total. The van der Waals surface area contributed by atoms with Crippen LogP contribution in [0.1, 0.15) is 28.4 Å². The van der Waals surface area contributed by atoms with Crippen molar-refractivity contribution < 1.29 is 22.7 Å². The number of hydrogen-bond donors (Lipinski definition) is 1. The van der Waals surface area contributed by atoms with Crippen LogP contribution in [-0.4, -0.2) is 37.8 Å². The van der Waals surface area contributed by atoms with Crippen LogP contribution in [0, 0.1) is 0 Å². The third-order valence-corrected chi connectivity index (χ3v) is 7.60. The maximum atomic E-state index is 12.9. The Morgan fingerprint density at radius 3 is 2.40 bits per heavy atom. The third-order valence-electron chi connectivity index (χ3n) is 5.64. The molecular weight excluding hydrogens is 511 g/mol. The third kappa shape index (κ3) is 5.78. The minimum Gasteiger partial charge on any atom is -0.449 e. The lowest BCUT2D eigenvalue weighted by Gasteiger charge is -2.30. The van der Waals surface area contributed by atoms with Crippen LogP contribution in [-0.2, 0) is 32.5 Å². The van der Waals surface area contributed by atoms with Gasteiger partial charge in [-0.25, -0.2) is 13.2 Å². The van der Waals surface area contributed by atoms with Gasteiger partial charge in [0.25, 0.3) is 15.9 Å². The first-order chi connectivity index (χ1) is 16.6. The summed E-state index contributed by atoms with van der Waals surface area (Å²) in [5.74, 6) is -1.23. The number of halogens is 2. The summed E-state index contributed by atoms with van der Waals surface area (Å²) in [4.78, 5) is 27.2. The molecule has 3 aromatic carbocycles. The second kappa shape index (κ2) is 10.3. The van der Waals surface area contributed by atoms with Gasteiger partial charge in [-0.2, -0.15) is 0 Å². The molecule has 3 aromatic rings. The van der Waals surface area contributed by atoms with E-state index in [0.717, 1.165) is 18.1 Å². The van der Waals surface area contributed by atoms with Gasteiger partial charge < -0.3 is 9.64 Å². The number of esters is 1. The summed E-state index contributed by atoms with van der Waals surface area (Å²) in [6, 6.07) is 17.7. The number of carbonyl (C=O) groups excluding carboxylic acids is 2. The van der Waals surface area contributed by atoms with Crippen LogP contribution in [0.15, 0.2) is 71.6 Å². The maximum Gasteiger partial charge on any atom is 0.340 e. The summed E-state index contributed by atoms with van der Waals surface area (Å²) in [5.41, 5.74) is 2.39. The van der Waals surface area contributed by atoms with E-state index < -0.39 is 22.1 Å². The monoisotopic (exact) mass is 532 g/mol. The summed E-state index contributed by atoms with van der Waals surface area (Å²) >= 11 is 12.0. The Morgan fingerprint density at radius 2 is 1.69 bits per heavy atom. The summed E-state index contributed by atoms with van der Waals surface area (Å²) in [7, 11) is -4.02. The average molecular weight is 533 g/mol. The van der Waals surface area contributed by atoms with Gasteiger partial charge in [0.05, 0.1) is 15.5 Å². The molecule has 1 heterocycles. The lowest BCUT2D eigenvalue weighted by atomic mass is 9.99. The van der Waals surface area contributed by atoms with Crippen LogP contribution in [0.25, 0.3) is 0 Å². The zero-order chi connectivity index (χ0) is 25.2. The van der Waals surface area contributed by atoms with Crippen LogP contribution in [0.2, 0.25) is 10.0 Å². The van der Waals surface area contributed by atoms with E-state index in [4.69, 9.17) is 27.9 Å². The van der Waals surface area contributed by atoms with E-state index in [1.54, 1.807) is 17.0 Å². The van der Waals surface area contributed by atoms with Crippen molar-refractivity contribution in [2.75, 3.05) is 11.3 Å². The fraction of sp³-hybridized carbons (Fsp3) is 0.200. The molecule has 35 heavy (non-hydrogen) atoms. The molecule has 1 aliphatic rings. The molecule has 0 aliphatic carbocycles. The van der Waals surface area contributed by atoms with Gasteiger partial charge >= 0.3 is 5.97 Å². The van der Waals surface area contributed by atoms with Gasteiger partial charge in [-0.15, -0.1) is 0 Å². The molecular formula is C25H22Cl2N2O5S. The molecule has 10 heteroatoms. The molecule has 7 nitrogen and oxygen atoms in total. The van der Waals surface area contributed by atoms with E-state index >= 15 is 0 Å². The standard InChI is InChI=1S/C25H22Cl2N2O5S/c1-16(24(30)29-13-12-17-4-2-3-5-18(17)15-29)34-25(31)22-14-21(10-11-23(22)27)35(32,33)28-20-8-6-19(26)7-9-20/h2-11,14,16,28H,12-13,15H2,1H3/t16-/m1/s1. The molecule has 0 saturated carbocycles. The summed E-state index contributed by atoms with van der Waals surface area (Å²) in [5, 5.41) is 0.467. The molecule has 0 saturated heterocycles. The van der Waals surface area contributed by atoms with Crippen molar-refractivity contribution in [2.45, 2.75) is 30.9 Å². The summed E-state index contributed by atoms with van der Waals surface area (Å²) in [6.45, 7) is 2.43. The molecule has 0 bridgehead atoms. The molecule has 4 rings (SSSR count). The van der Waals surface area contributed by atoms with Crippen molar-refractivity contribution in [1.29, 1.82) is 0 Å². The number of fused-ring (bicyclic) bond motifs is 1. The number of hydrogen-bond acceptors (Lipinski definition) is 5. The maximum absolute atomic E-state index is 12.9. The van der Waals surface area contributed by atoms with Crippen LogP contribution in [0.3, 0.4) is 0 Å². The first kappa shape index (κ1) is 25.0. The number of sulfonamides is 1. The highest BCUT2D eigenvalue weighted by molar-refractivity contribution is 7.92. The molecule has 0 fully saturated rings. The second-order valence-corrected chi connectivity index (χ2v) is 10.6. The summed E-state index contributed by atoms with van der Waals surface area (Å²) in [6.07, 6.45) is -0.356. The summed E-state index contributed by atoms with van der Waals surface area (Å²) < 4.78 is 33.4. The Morgan fingerprint density at radius 1 is 1.00 bits per heavy atom. The van der Waals surface area contributed by atoms with Gasteiger partial charge in [0.1, 0.15) is 0 Å². The highest BCUT2D eigenvalue weighted by atomic mass is 35.5. The molecule has 0 radical (unpaired) electrons. The minimum absolute atomic E-state index is 0.00647. The Kier molecular flexibility index (Phi) is 7.35. The van der Waals surface area contributed by atoms with Crippen molar-refractivity contribution >= 4 is 50.8 Å². The topological polar surface area (TPSA) is 92.8 Å². The number of carbonyl (C=O) groups is 2. The van der Waals surface area contributed by atoms with E-state index in [-0.39, 0.29) is 21.4 Å². The van der Waals surface area contributed by atoms with Gasteiger partial charge in [0.15, 0.2) is 6.10 Å². The number of ether oxygens (including phenoxy) is 1. The number of nitrogens with one attached hydrogen (secondary N) is 1. The SMILES string of the molecule is C[C@@H](OC(=O)c1cc(S(=O)(=O)Nc2ccc(Cl)cc2)ccc1Cl)C(=O)N1CCc2ccccc2C1. The molecule has 0 spiro atoms. The van der Waals surface area contributed by atoms with Crippen molar-refractivity contribution in [3.05, 3.63) is 93.5 Å². The Hall–Kier alpha value is -3.07. The van der Waals surface area contributed by atoms with Crippen LogP contribution in [0.5, 0.6) is 0 Å². The number of rotatable bonds is 6. The van der Waals surface area contributed by atoms with Gasteiger partial charge in [0.2, 0.25) is 0 Å². The van der Waals surface area contributed by atoms with Gasteiger partial charge in [-0.05, 0) is 66.9 Å². The Labute approximate surface area is 213 Å². The van der Waals surface area contributed by atoms with Gasteiger partial charge in [-0.1, -0.05) is 47.5 Å². The quantitative estimate of drug-likeness (QED) is 0.454. The zero-order valence-electron chi connectivity index (χ0n) is 18.7. The smallest absolute Gasteiger partial charge is 0.340 e. The fourth-order valence-electron chi connectivity index (χ4n) is 3.78. The van der Waals surface area contributed by atoms with Crippen molar-refractivity contribution in [3.8, 4) is 0 Å². The minimum atomic E-state index is -4.02. The van der Waals surface area contributed by atoms with E-state index in [1.165, 1.54) is 36.8 Å². The van der Waals surface area contributed by atoms with E-state index in [9.17, 15) is 18.0 Å². The first-order valence-corrected chi connectivity index (χ1v) is 13.0. The fourth-order valence-corrected chi connectivity index (χ4v) is 5.18. The molecule has 0 aromatic heterocycles. The van der Waals surface area contributed by atoms with Gasteiger partial charge in [-0.3, -0.25) is 9.52 Å². The predicted octanol–water partition coefficient (Wildman–Crippen LogP) is 4.92. The lowest BCUT2D eigenvalue weighted by Crippen LogP contribution is -2.42. The Bertz CT molecular complexity index is 1380. The lowest BCUT2D eigenvalue weighted by molar-refractivity contribution is -0.140. The number of benzene rings is 3. The number of amides is 1. The number of anilines is 1. The molecule has 1 atom stereocenters. The second-order valence-electron chi connectivity index (χ2n) is 8.08. The normalized spacial score (nSPS) is 14.1. The highest BCUT2D eigenvalue weighted by Gasteiger charge is 2.28. The largest absolute Gasteiger partial charge is 0.449 e.